The molecule has 106 valence electrons. The van der Waals surface area contributed by atoms with Gasteiger partial charge in [0.25, 0.3) is 5.91 Å². The van der Waals surface area contributed by atoms with Crippen molar-refractivity contribution in [1.29, 1.82) is 0 Å². The van der Waals surface area contributed by atoms with Crippen molar-refractivity contribution < 1.29 is 9.53 Å². The molecule has 0 bridgehead atoms. The average Bonchev–Trinajstić information content (AvgIpc) is 2.93. The van der Waals surface area contributed by atoms with E-state index in [1.54, 1.807) is 14.2 Å². The summed E-state index contributed by atoms with van der Waals surface area (Å²) < 4.78 is 5.32. The smallest absolute Gasteiger partial charge is 0.263 e. The van der Waals surface area contributed by atoms with Gasteiger partial charge in [-0.2, -0.15) is 0 Å². The Labute approximate surface area is 116 Å². The normalized spacial score (nSPS) is 19.4. The Morgan fingerprint density at radius 3 is 2.84 bits per heavy atom. The molecule has 6 nitrogen and oxygen atoms in total. The summed E-state index contributed by atoms with van der Waals surface area (Å²) >= 11 is 1.34. The molecule has 1 amide bonds. The fourth-order valence-corrected chi connectivity index (χ4v) is 3.36. The van der Waals surface area contributed by atoms with E-state index >= 15 is 0 Å². The maximum atomic E-state index is 11.7. The number of rotatable bonds is 4. The van der Waals surface area contributed by atoms with E-state index < -0.39 is 0 Å². The summed E-state index contributed by atoms with van der Waals surface area (Å²) in [4.78, 5) is 14.5. The zero-order chi connectivity index (χ0) is 14.0. The van der Waals surface area contributed by atoms with Crippen molar-refractivity contribution in [3.8, 4) is 5.75 Å². The van der Waals surface area contributed by atoms with E-state index in [1.165, 1.54) is 11.3 Å². The van der Waals surface area contributed by atoms with Crippen molar-refractivity contribution >= 4 is 27.9 Å². The van der Waals surface area contributed by atoms with Crippen LogP contribution in [0.25, 0.3) is 0 Å². The third kappa shape index (κ3) is 2.76. The molecule has 1 aromatic heterocycles. The van der Waals surface area contributed by atoms with E-state index in [0.717, 1.165) is 24.5 Å². The summed E-state index contributed by atoms with van der Waals surface area (Å²) in [5, 5.41) is 6.84. The van der Waals surface area contributed by atoms with E-state index in [1.807, 2.05) is 0 Å². The number of hydrogen-bond donors (Lipinski definition) is 3. The van der Waals surface area contributed by atoms with Crippen molar-refractivity contribution in [2.75, 3.05) is 45.3 Å². The number of likely N-dealkylation sites (N-methyl/N-ethyl adjacent to an activating group) is 1. The monoisotopic (exact) mass is 284 g/mol. The van der Waals surface area contributed by atoms with Crippen molar-refractivity contribution in [3.63, 3.8) is 0 Å². The van der Waals surface area contributed by atoms with Crippen LogP contribution in [0.2, 0.25) is 0 Å². The summed E-state index contributed by atoms with van der Waals surface area (Å²) in [5.74, 6) is 0.385. The van der Waals surface area contributed by atoms with Gasteiger partial charge in [0.2, 0.25) is 0 Å². The molecule has 1 aliphatic heterocycles. The molecule has 19 heavy (non-hydrogen) atoms. The standard InChI is InChI=1S/C12H20N4O2S/c1-14-11(17)10-8(13)9(18-3)12(19-10)15-7-4-5-16(2)6-7/h7,15H,4-6,13H2,1-3H3,(H,14,17). The molecule has 1 aromatic rings. The molecule has 0 radical (unpaired) electrons. The van der Waals surface area contributed by atoms with Crippen LogP contribution in [-0.2, 0) is 0 Å². The molecule has 1 fully saturated rings. The fourth-order valence-electron chi connectivity index (χ4n) is 2.25. The van der Waals surface area contributed by atoms with Gasteiger partial charge in [-0.3, -0.25) is 4.79 Å². The second-order valence-corrected chi connectivity index (χ2v) is 5.70. The molecule has 1 unspecified atom stereocenters. The number of carbonyl (C=O) groups is 1. The highest BCUT2D eigenvalue weighted by Gasteiger charge is 2.25. The lowest BCUT2D eigenvalue weighted by molar-refractivity contribution is 0.0967. The van der Waals surface area contributed by atoms with Crippen LogP contribution in [0, 0.1) is 0 Å². The maximum Gasteiger partial charge on any atom is 0.263 e. The third-order valence-corrected chi connectivity index (χ3v) is 4.38. The predicted octanol–water partition coefficient (Wildman–Crippen LogP) is 0.814. The van der Waals surface area contributed by atoms with Gasteiger partial charge in [-0.25, -0.2) is 0 Å². The number of hydrogen-bond acceptors (Lipinski definition) is 6. The van der Waals surface area contributed by atoms with Gasteiger partial charge in [-0.15, -0.1) is 11.3 Å². The van der Waals surface area contributed by atoms with Crippen molar-refractivity contribution in [2.24, 2.45) is 0 Å². The molecule has 2 heterocycles. The number of thiophene rings is 1. The first-order valence-electron chi connectivity index (χ1n) is 6.20. The molecule has 4 N–H and O–H groups in total. The van der Waals surface area contributed by atoms with Crippen LogP contribution in [0.1, 0.15) is 16.1 Å². The van der Waals surface area contributed by atoms with Crippen LogP contribution < -0.4 is 21.1 Å². The van der Waals surface area contributed by atoms with Gasteiger partial charge in [0.05, 0.1) is 7.11 Å². The summed E-state index contributed by atoms with van der Waals surface area (Å²) in [6.07, 6.45) is 1.08. The molecule has 1 saturated heterocycles. The van der Waals surface area contributed by atoms with Crippen LogP contribution in [0.4, 0.5) is 10.7 Å². The quantitative estimate of drug-likeness (QED) is 0.762. The summed E-state index contributed by atoms with van der Waals surface area (Å²) in [6.45, 7) is 2.05. The van der Waals surface area contributed by atoms with E-state index in [-0.39, 0.29) is 5.91 Å². The molecule has 2 rings (SSSR count). The Morgan fingerprint density at radius 1 is 1.58 bits per heavy atom. The number of carbonyl (C=O) groups excluding carboxylic acids is 1. The number of anilines is 2. The van der Waals surface area contributed by atoms with Crippen molar-refractivity contribution in [1.82, 2.24) is 10.2 Å². The molecule has 0 aliphatic carbocycles. The number of methoxy groups -OCH3 is 1. The zero-order valence-corrected chi connectivity index (χ0v) is 12.3. The minimum Gasteiger partial charge on any atom is -0.492 e. The highest BCUT2D eigenvalue weighted by molar-refractivity contribution is 7.19. The van der Waals surface area contributed by atoms with Gasteiger partial charge in [-0.1, -0.05) is 0 Å². The molecule has 1 aliphatic rings. The molecule has 1 atom stereocenters. The average molecular weight is 284 g/mol. The van der Waals surface area contributed by atoms with E-state index in [4.69, 9.17) is 10.5 Å². The number of nitrogens with zero attached hydrogens (tertiary/aromatic N) is 1. The largest absolute Gasteiger partial charge is 0.492 e. The summed E-state index contributed by atoms with van der Waals surface area (Å²) in [5.41, 5.74) is 6.37. The first kappa shape index (κ1) is 14.0. The Balaban J connectivity index is 2.22. The third-order valence-electron chi connectivity index (χ3n) is 3.26. The number of nitrogens with one attached hydrogen (secondary N) is 2. The van der Waals surface area contributed by atoms with Gasteiger partial charge in [0.15, 0.2) is 5.75 Å². The van der Waals surface area contributed by atoms with Gasteiger partial charge < -0.3 is 26.0 Å². The van der Waals surface area contributed by atoms with Gasteiger partial charge >= 0.3 is 0 Å². The molecule has 7 heteroatoms. The number of likely N-dealkylation sites (tertiary alicyclic amines) is 1. The van der Waals surface area contributed by atoms with Crippen molar-refractivity contribution in [3.05, 3.63) is 4.88 Å². The van der Waals surface area contributed by atoms with Crippen LogP contribution >= 0.6 is 11.3 Å². The van der Waals surface area contributed by atoms with Crippen LogP contribution in [0.15, 0.2) is 0 Å². The van der Waals surface area contributed by atoms with E-state index in [9.17, 15) is 4.79 Å². The van der Waals surface area contributed by atoms with Gasteiger partial charge in [0, 0.05) is 19.6 Å². The summed E-state index contributed by atoms with van der Waals surface area (Å²) in [6, 6.07) is 0.370. The summed E-state index contributed by atoms with van der Waals surface area (Å²) in [7, 11) is 5.25. The van der Waals surface area contributed by atoms with E-state index in [2.05, 4.69) is 22.6 Å². The zero-order valence-electron chi connectivity index (χ0n) is 11.4. The first-order chi connectivity index (χ1) is 9.06. The van der Waals surface area contributed by atoms with Crippen LogP contribution in [0.3, 0.4) is 0 Å². The second kappa shape index (κ2) is 5.66. The minimum atomic E-state index is -0.183. The van der Waals surface area contributed by atoms with Gasteiger partial charge in [-0.05, 0) is 20.0 Å². The maximum absolute atomic E-state index is 11.7. The second-order valence-electron chi connectivity index (χ2n) is 4.68. The van der Waals surface area contributed by atoms with E-state index in [0.29, 0.717) is 22.4 Å². The van der Waals surface area contributed by atoms with Crippen LogP contribution in [0.5, 0.6) is 5.75 Å². The molecular weight excluding hydrogens is 264 g/mol. The van der Waals surface area contributed by atoms with Crippen LogP contribution in [-0.4, -0.2) is 51.1 Å². The predicted molar refractivity (Wildman–Crippen MR) is 78.2 cm³/mol. The Kier molecular flexibility index (Phi) is 4.16. The topological polar surface area (TPSA) is 79.6 Å². The van der Waals surface area contributed by atoms with Gasteiger partial charge in [0.1, 0.15) is 15.6 Å². The lowest BCUT2D eigenvalue weighted by atomic mass is 10.2. The lowest BCUT2D eigenvalue weighted by Gasteiger charge is -2.13. The fraction of sp³-hybridized carbons (Fsp3) is 0.583. The molecule has 0 saturated carbocycles. The number of nitrogen functional groups attached to an aromatic ring is 1. The lowest BCUT2D eigenvalue weighted by Crippen LogP contribution is -2.23. The number of amides is 1. The molecule has 0 spiro atoms. The first-order valence-corrected chi connectivity index (χ1v) is 7.01. The molecule has 0 aromatic carbocycles. The Hall–Kier alpha value is -1.47. The highest BCUT2D eigenvalue weighted by atomic mass is 32.1. The number of nitrogens with two attached hydrogens (primary N) is 1. The van der Waals surface area contributed by atoms with Crippen molar-refractivity contribution in [2.45, 2.75) is 12.5 Å². The Morgan fingerprint density at radius 2 is 2.32 bits per heavy atom. The Bertz CT molecular complexity index is 475. The number of ether oxygens (including phenoxy) is 1. The minimum absolute atomic E-state index is 0.183. The highest BCUT2D eigenvalue weighted by Crippen LogP contribution is 2.43. The molecular formula is C12H20N4O2S. The SMILES string of the molecule is CNC(=O)c1sc(NC2CCN(C)C2)c(OC)c1N.